The lowest BCUT2D eigenvalue weighted by Gasteiger charge is -2.36. The van der Waals surface area contributed by atoms with Crippen molar-refractivity contribution in [2.75, 3.05) is 26.8 Å². The Labute approximate surface area is 169 Å². The first-order chi connectivity index (χ1) is 13.8. The molecule has 2 atom stereocenters. The lowest BCUT2D eigenvalue weighted by molar-refractivity contribution is -0.138. The molecule has 5 nitrogen and oxygen atoms in total. The van der Waals surface area contributed by atoms with Gasteiger partial charge in [-0.3, -0.25) is 9.78 Å². The van der Waals surface area contributed by atoms with E-state index in [9.17, 15) is 18.0 Å². The number of rotatable bonds is 3. The van der Waals surface area contributed by atoms with Gasteiger partial charge in [0.15, 0.2) is 0 Å². The minimum Gasteiger partial charge on any atom is -0.381 e. The molecule has 1 saturated heterocycles. The quantitative estimate of drug-likeness (QED) is 0.766. The monoisotopic (exact) mass is 411 g/mol. The summed E-state index contributed by atoms with van der Waals surface area (Å²) >= 11 is 0. The van der Waals surface area contributed by atoms with Gasteiger partial charge in [0.2, 0.25) is 5.91 Å². The van der Waals surface area contributed by atoms with E-state index in [0.29, 0.717) is 36.3 Å². The van der Waals surface area contributed by atoms with Crippen molar-refractivity contribution >= 4 is 5.91 Å². The Hall–Kier alpha value is -1.67. The van der Waals surface area contributed by atoms with Crippen LogP contribution in [0.4, 0.5) is 13.2 Å². The van der Waals surface area contributed by atoms with Gasteiger partial charge in [0.05, 0.1) is 5.56 Å². The van der Waals surface area contributed by atoms with E-state index in [1.165, 1.54) is 0 Å². The van der Waals surface area contributed by atoms with Gasteiger partial charge in [0.1, 0.15) is 0 Å². The van der Waals surface area contributed by atoms with E-state index in [1.54, 1.807) is 4.90 Å². The van der Waals surface area contributed by atoms with Crippen LogP contribution in [-0.2, 0) is 28.7 Å². The van der Waals surface area contributed by atoms with Gasteiger partial charge in [0, 0.05) is 62.6 Å². The normalized spacial score (nSPS) is 26.0. The molecule has 1 aliphatic carbocycles. The van der Waals surface area contributed by atoms with Gasteiger partial charge in [-0.15, -0.1) is 0 Å². The minimum atomic E-state index is -4.41. The van der Waals surface area contributed by atoms with E-state index in [0.717, 1.165) is 57.6 Å². The summed E-state index contributed by atoms with van der Waals surface area (Å²) in [5.41, 5.74) is 0.448. The highest BCUT2D eigenvalue weighted by molar-refractivity contribution is 5.79. The van der Waals surface area contributed by atoms with E-state index >= 15 is 0 Å². The molecule has 0 bridgehead atoms. The molecule has 3 aliphatic rings. The van der Waals surface area contributed by atoms with Crippen LogP contribution in [0, 0.1) is 5.92 Å². The number of aromatic nitrogens is 1. The molecular weight excluding hydrogens is 383 g/mol. The molecule has 1 unspecified atom stereocenters. The number of amides is 1. The molecule has 0 spiro atoms. The second kappa shape index (κ2) is 8.22. The van der Waals surface area contributed by atoms with Gasteiger partial charge in [-0.25, -0.2) is 0 Å². The van der Waals surface area contributed by atoms with Crippen molar-refractivity contribution in [2.24, 2.45) is 5.92 Å². The largest absolute Gasteiger partial charge is 0.417 e. The molecule has 1 saturated carbocycles. The SMILES string of the molecule is CN(C1CCOCC1)[C@@H]1CCC(C(=O)N2CCc3ncc(C(F)(F)F)cc3C2)C1. The molecule has 2 fully saturated rings. The fraction of sp³-hybridized carbons (Fsp3) is 0.714. The molecule has 8 heteroatoms. The topological polar surface area (TPSA) is 45.7 Å². The van der Waals surface area contributed by atoms with Crippen molar-refractivity contribution in [3.63, 3.8) is 0 Å². The Morgan fingerprint density at radius 3 is 2.69 bits per heavy atom. The summed E-state index contributed by atoms with van der Waals surface area (Å²) in [6, 6.07) is 2.05. The van der Waals surface area contributed by atoms with Gasteiger partial charge in [0.25, 0.3) is 0 Å². The smallest absolute Gasteiger partial charge is 0.381 e. The van der Waals surface area contributed by atoms with Crippen LogP contribution in [0.2, 0.25) is 0 Å². The highest BCUT2D eigenvalue weighted by atomic mass is 19.4. The number of pyridine rings is 1. The molecule has 160 valence electrons. The molecule has 3 heterocycles. The molecule has 0 aromatic carbocycles. The van der Waals surface area contributed by atoms with E-state index in [2.05, 4.69) is 16.9 Å². The van der Waals surface area contributed by atoms with Crippen LogP contribution in [0.15, 0.2) is 12.3 Å². The van der Waals surface area contributed by atoms with Gasteiger partial charge in [-0.2, -0.15) is 13.2 Å². The van der Waals surface area contributed by atoms with Gasteiger partial charge in [-0.1, -0.05) is 0 Å². The van der Waals surface area contributed by atoms with Gasteiger partial charge < -0.3 is 14.5 Å². The van der Waals surface area contributed by atoms with E-state index in [4.69, 9.17) is 4.74 Å². The maximum absolute atomic E-state index is 13.1. The fourth-order valence-electron chi connectivity index (χ4n) is 4.97. The number of hydrogen-bond acceptors (Lipinski definition) is 4. The minimum absolute atomic E-state index is 0.0393. The van der Waals surface area contributed by atoms with E-state index in [-0.39, 0.29) is 18.4 Å². The third-order valence-electron chi connectivity index (χ3n) is 6.78. The maximum atomic E-state index is 13.1. The highest BCUT2D eigenvalue weighted by Gasteiger charge is 2.38. The molecule has 1 aromatic rings. The van der Waals surface area contributed by atoms with Crippen LogP contribution < -0.4 is 0 Å². The summed E-state index contributed by atoms with van der Waals surface area (Å²) in [5.74, 6) is 0.0403. The zero-order chi connectivity index (χ0) is 20.6. The average molecular weight is 411 g/mol. The Balaban J connectivity index is 1.38. The zero-order valence-electron chi connectivity index (χ0n) is 16.7. The molecule has 0 radical (unpaired) electrons. The number of fused-ring (bicyclic) bond motifs is 1. The van der Waals surface area contributed by atoms with Crippen LogP contribution in [0.5, 0.6) is 0 Å². The van der Waals surface area contributed by atoms with E-state index < -0.39 is 11.7 Å². The molecule has 1 aromatic heterocycles. The Morgan fingerprint density at radius 2 is 1.97 bits per heavy atom. The number of nitrogens with zero attached hydrogens (tertiary/aromatic N) is 3. The van der Waals surface area contributed by atoms with Crippen LogP contribution in [0.1, 0.15) is 48.9 Å². The molecule has 0 N–H and O–H groups in total. The third kappa shape index (κ3) is 4.43. The first kappa shape index (κ1) is 20.6. The molecular formula is C21H28F3N3O2. The summed E-state index contributed by atoms with van der Waals surface area (Å²) < 4.78 is 44.4. The van der Waals surface area contributed by atoms with Gasteiger partial charge in [-0.05, 0) is 50.8 Å². The van der Waals surface area contributed by atoms with Gasteiger partial charge >= 0.3 is 6.18 Å². The highest BCUT2D eigenvalue weighted by Crippen LogP contribution is 2.35. The van der Waals surface area contributed by atoms with Crippen molar-refractivity contribution in [3.8, 4) is 0 Å². The van der Waals surface area contributed by atoms with Crippen LogP contribution >= 0.6 is 0 Å². The Bertz CT molecular complexity index is 749. The average Bonchev–Trinajstić information content (AvgIpc) is 3.22. The first-order valence-corrected chi connectivity index (χ1v) is 10.5. The molecule has 2 aliphatic heterocycles. The maximum Gasteiger partial charge on any atom is 0.417 e. The predicted molar refractivity (Wildman–Crippen MR) is 101 cm³/mol. The number of alkyl halides is 3. The second-order valence-electron chi connectivity index (χ2n) is 8.51. The lowest BCUT2D eigenvalue weighted by Crippen LogP contribution is -2.43. The standard InChI is InChI=1S/C21H28F3N3O2/c1-26(17-5-8-29-9-6-17)18-3-2-14(11-18)20(28)27-7-4-19-15(13-27)10-16(12-25-19)21(22,23)24/h10,12,14,17-18H,2-9,11,13H2,1H3/t14?,18-/m1/s1. The number of carbonyl (C=O) groups is 1. The Morgan fingerprint density at radius 1 is 1.21 bits per heavy atom. The zero-order valence-corrected chi connectivity index (χ0v) is 16.7. The summed E-state index contributed by atoms with van der Waals surface area (Å²) in [4.78, 5) is 21.2. The Kier molecular flexibility index (Phi) is 5.84. The first-order valence-electron chi connectivity index (χ1n) is 10.5. The molecule has 29 heavy (non-hydrogen) atoms. The predicted octanol–water partition coefficient (Wildman–Crippen LogP) is 3.26. The summed E-state index contributed by atoms with van der Waals surface area (Å²) in [6.45, 7) is 2.35. The number of carbonyl (C=O) groups excluding carboxylic acids is 1. The lowest BCUT2D eigenvalue weighted by atomic mass is 9.99. The van der Waals surface area contributed by atoms with Crippen LogP contribution in [-0.4, -0.2) is 59.6 Å². The number of hydrogen-bond donors (Lipinski definition) is 0. The summed E-state index contributed by atoms with van der Waals surface area (Å²) in [6.07, 6.45) is 1.72. The number of ether oxygens (including phenoxy) is 1. The fourth-order valence-corrected chi connectivity index (χ4v) is 4.97. The third-order valence-corrected chi connectivity index (χ3v) is 6.78. The van der Waals surface area contributed by atoms with Crippen molar-refractivity contribution in [3.05, 3.63) is 29.1 Å². The molecule has 4 rings (SSSR count). The summed E-state index contributed by atoms with van der Waals surface area (Å²) in [5, 5.41) is 0. The second-order valence-corrected chi connectivity index (χ2v) is 8.51. The van der Waals surface area contributed by atoms with Crippen LogP contribution in [0.25, 0.3) is 0 Å². The number of halogens is 3. The van der Waals surface area contributed by atoms with Crippen molar-refractivity contribution in [1.29, 1.82) is 0 Å². The summed E-state index contributed by atoms with van der Waals surface area (Å²) in [7, 11) is 2.15. The molecule has 1 amide bonds. The van der Waals surface area contributed by atoms with Crippen molar-refractivity contribution < 1.29 is 22.7 Å². The van der Waals surface area contributed by atoms with E-state index in [1.807, 2.05) is 0 Å². The van der Waals surface area contributed by atoms with Crippen LogP contribution in [0.3, 0.4) is 0 Å². The van der Waals surface area contributed by atoms with Crippen molar-refractivity contribution in [2.45, 2.75) is 63.3 Å². The van der Waals surface area contributed by atoms with Crippen molar-refractivity contribution in [1.82, 2.24) is 14.8 Å².